The molecule has 134 valence electrons. The Morgan fingerprint density at radius 1 is 1.19 bits per heavy atom. The summed E-state index contributed by atoms with van der Waals surface area (Å²) >= 11 is 6.03. The molecule has 8 nitrogen and oxygen atoms in total. The van der Waals surface area contributed by atoms with Crippen molar-refractivity contribution in [3.05, 3.63) is 69.4 Å². The van der Waals surface area contributed by atoms with Gasteiger partial charge in [-0.3, -0.25) is 14.9 Å². The molecule has 0 saturated carbocycles. The van der Waals surface area contributed by atoms with Crippen LogP contribution in [-0.2, 0) is 11.2 Å². The van der Waals surface area contributed by atoms with Gasteiger partial charge in [-0.25, -0.2) is 9.97 Å². The molecule has 2 N–H and O–H groups in total. The third-order valence-electron chi connectivity index (χ3n) is 4.06. The van der Waals surface area contributed by atoms with Gasteiger partial charge >= 0.3 is 0 Å². The normalized spacial score (nSPS) is 12.4. The van der Waals surface area contributed by atoms with Crippen molar-refractivity contribution < 1.29 is 9.72 Å². The largest absolute Gasteiger partial charge is 0.325 e. The zero-order valence-electron chi connectivity index (χ0n) is 13.8. The van der Waals surface area contributed by atoms with Crippen LogP contribution in [0.15, 0.2) is 48.7 Å². The van der Waals surface area contributed by atoms with Gasteiger partial charge in [0.1, 0.15) is 0 Å². The Morgan fingerprint density at radius 2 is 1.96 bits per heavy atom. The molecule has 3 aromatic rings. The van der Waals surface area contributed by atoms with E-state index in [-0.39, 0.29) is 18.0 Å². The predicted molar refractivity (Wildman–Crippen MR) is 101 cm³/mol. The zero-order chi connectivity index (χ0) is 19.0. The van der Waals surface area contributed by atoms with E-state index in [4.69, 9.17) is 11.6 Å². The summed E-state index contributed by atoms with van der Waals surface area (Å²) in [4.78, 5) is 31.2. The third kappa shape index (κ3) is 3.42. The van der Waals surface area contributed by atoms with Crippen molar-refractivity contribution in [1.29, 1.82) is 0 Å². The van der Waals surface area contributed by atoms with E-state index < -0.39 is 4.92 Å². The van der Waals surface area contributed by atoms with E-state index in [1.54, 1.807) is 36.5 Å². The van der Waals surface area contributed by atoms with Crippen LogP contribution in [0.1, 0.15) is 5.56 Å². The summed E-state index contributed by atoms with van der Waals surface area (Å²) in [6, 6.07) is 11.1. The number of hydrogen-bond donors (Lipinski definition) is 2. The lowest BCUT2D eigenvalue weighted by molar-refractivity contribution is -0.384. The summed E-state index contributed by atoms with van der Waals surface area (Å²) < 4.78 is 0. The molecule has 9 heteroatoms. The summed E-state index contributed by atoms with van der Waals surface area (Å²) in [7, 11) is 0. The van der Waals surface area contributed by atoms with Crippen molar-refractivity contribution in [2.75, 3.05) is 10.6 Å². The van der Waals surface area contributed by atoms with E-state index in [0.717, 1.165) is 5.56 Å². The maximum absolute atomic E-state index is 12.1. The fraction of sp³-hybridized carbons (Fsp3) is 0.0556. The van der Waals surface area contributed by atoms with Crippen LogP contribution in [0.5, 0.6) is 0 Å². The van der Waals surface area contributed by atoms with Crippen molar-refractivity contribution >= 4 is 40.5 Å². The van der Waals surface area contributed by atoms with Crippen LogP contribution in [0.4, 0.5) is 23.0 Å². The average molecular weight is 382 g/mol. The summed E-state index contributed by atoms with van der Waals surface area (Å²) in [6.07, 6.45) is 1.75. The van der Waals surface area contributed by atoms with Gasteiger partial charge in [-0.2, -0.15) is 0 Å². The number of non-ortho nitro benzene ring substituents is 1. The van der Waals surface area contributed by atoms with Gasteiger partial charge in [-0.05, 0) is 30.3 Å². The number of rotatable bonds is 3. The van der Waals surface area contributed by atoms with Crippen LogP contribution in [0.2, 0.25) is 5.02 Å². The molecule has 4 rings (SSSR count). The number of nitrogens with one attached hydrogen (secondary N) is 2. The molecule has 0 fully saturated rings. The lowest BCUT2D eigenvalue weighted by Crippen LogP contribution is -2.12. The summed E-state index contributed by atoms with van der Waals surface area (Å²) in [6.45, 7) is 0. The topological polar surface area (TPSA) is 110 Å². The van der Waals surface area contributed by atoms with Gasteiger partial charge in [-0.15, -0.1) is 0 Å². The standard InChI is InChI=1S/C18H12ClN5O3/c19-11-1-6-14-15(8-11)22-16(25)7-10-9-20-18(23-17(10)14)21-12-2-4-13(5-3-12)24(26)27/h1-6,8-9H,7H2,(H,22,25)(H,20,21,23). The smallest absolute Gasteiger partial charge is 0.269 e. The Hall–Kier alpha value is -3.52. The summed E-state index contributed by atoms with van der Waals surface area (Å²) in [5.74, 6) is 0.148. The quantitative estimate of drug-likeness (QED) is 0.525. The number of nitrogens with zero attached hydrogens (tertiary/aromatic N) is 3. The summed E-state index contributed by atoms with van der Waals surface area (Å²) in [5, 5.41) is 17.1. The molecule has 27 heavy (non-hydrogen) atoms. The Morgan fingerprint density at radius 3 is 2.70 bits per heavy atom. The van der Waals surface area contributed by atoms with Gasteiger partial charge in [0.05, 0.1) is 22.7 Å². The molecule has 0 atom stereocenters. The first-order valence-electron chi connectivity index (χ1n) is 7.97. The van der Waals surface area contributed by atoms with E-state index in [0.29, 0.717) is 33.6 Å². The number of carbonyl (C=O) groups excluding carboxylic acids is 1. The highest BCUT2D eigenvalue weighted by Crippen LogP contribution is 2.34. The molecule has 0 aliphatic carbocycles. The Bertz CT molecular complexity index is 1070. The number of amides is 1. The van der Waals surface area contributed by atoms with Crippen LogP contribution in [0.3, 0.4) is 0 Å². The number of anilines is 3. The van der Waals surface area contributed by atoms with Gasteiger partial charge < -0.3 is 10.6 Å². The van der Waals surface area contributed by atoms with E-state index in [1.807, 2.05) is 0 Å². The Kier molecular flexibility index (Phi) is 4.17. The van der Waals surface area contributed by atoms with Crippen LogP contribution in [0, 0.1) is 10.1 Å². The van der Waals surface area contributed by atoms with Crippen molar-refractivity contribution in [2.24, 2.45) is 0 Å². The number of nitro groups is 1. The lowest BCUT2D eigenvalue weighted by Gasteiger charge is -2.10. The molecule has 1 amide bonds. The highest BCUT2D eigenvalue weighted by Gasteiger charge is 2.21. The second kappa shape index (κ2) is 6.65. The SMILES string of the molecule is O=C1Cc2cnc(Nc3ccc([N+](=O)[O-])cc3)nc2-c2ccc(Cl)cc2N1. The minimum absolute atomic E-state index is 0.00112. The van der Waals surface area contributed by atoms with E-state index in [1.165, 1.54) is 12.1 Å². The van der Waals surface area contributed by atoms with Gasteiger partial charge in [-0.1, -0.05) is 11.6 Å². The van der Waals surface area contributed by atoms with E-state index in [2.05, 4.69) is 20.6 Å². The minimum atomic E-state index is -0.464. The molecule has 2 heterocycles. The lowest BCUT2D eigenvalue weighted by atomic mass is 10.1. The van der Waals surface area contributed by atoms with Gasteiger partial charge in [0, 0.05) is 40.2 Å². The zero-order valence-corrected chi connectivity index (χ0v) is 14.5. The first-order valence-corrected chi connectivity index (χ1v) is 8.34. The van der Waals surface area contributed by atoms with Crippen LogP contribution >= 0.6 is 11.6 Å². The van der Waals surface area contributed by atoms with Crippen molar-refractivity contribution in [1.82, 2.24) is 9.97 Å². The number of nitro benzene ring substituents is 1. The molecule has 0 bridgehead atoms. The fourth-order valence-electron chi connectivity index (χ4n) is 2.82. The van der Waals surface area contributed by atoms with Gasteiger partial charge in [0.25, 0.3) is 5.69 Å². The molecule has 2 aromatic carbocycles. The Balaban J connectivity index is 1.71. The second-order valence-corrected chi connectivity index (χ2v) is 6.35. The van der Waals surface area contributed by atoms with Crippen LogP contribution in [-0.4, -0.2) is 20.8 Å². The molecule has 0 unspecified atom stereocenters. The first kappa shape index (κ1) is 16.9. The van der Waals surface area contributed by atoms with E-state index >= 15 is 0 Å². The van der Waals surface area contributed by atoms with Gasteiger partial charge in [0.15, 0.2) is 0 Å². The molecular formula is C18H12ClN5O3. The molecule has 0 spiro atoms. The van der Waals surface area contributed by atoms with Crippen LogP contribution in [0.25, 0.3) is 11.3 Å². The van der Waals surface area contributed by atoms with Crippen LogP contribution < -0.4 is 10.6 Å². The third-order valence-corrected chi connectivity index (χ3v) is 4.30. The molecule has 1 aromatic heterocycles. The number of hydrogen-bond acceptors (Lipinski definition) is 6. The van der Waals surface area contributed by atoms with Crippen molar-refractivity contribution in [2.45, 2.75) is 6.42 Å². The number of fused-ring (bicyclic) bond motifs is 3. The summed E-state index contributed by atoms with van der Waals surface area (Å²) in [5.41, 5.74) is 3.27. The number of benzene rings is 2. The molecule has 1 aliphatic heterocycles. The molecular weight excluding hydrogens is 370 g/mol. The van der Waals surface area contributed by atoms with Crippen molar-refractivity contribution in [3.8, 4) is 11.3 Å². The maximum atomic E-state index is 12.1. The molecule has 1 aliphatic rings. The predicted octanol–water partition coefficient (Wildman–Crippen LogP) is 3.94. The monoisotopic (exact) mass is 381 g/mol. The highest BCUT2D eigenvalue weighted by molar-refractivity contribution is 6.31. The van der Waals surface area contributed by atoms with E-state index in [9.17, 15) is 14.9 Å². The number of halogens is 1. The number of aromatic nitrogens is 2. The minimum Gasteiger partial charge on any atom is -0.325 e. The first-order chi connectivity index (χ1) is 13.0. The van der Waals surface area contributed by atoms with Crippen molar-refractivity contribution in [3.63, 3.8) is 0 Å². The maximum Gasteiger partial charge on any atom is 0.269 e. The van der Waals surface area contributed by atoms with Gasteiger partial charge in [0.2, 0.25) is 11.9 Å². The average Bonchev–Trinajstić information content (AvgIpc) is 2.77. The molecule has 0 saturated heterocycles. The highest BCUT2D eigenvalue weighted by atomic mass is 35.5. The molecule has 0 radical (unpaired) electrons. The fourth-order valence-corrected chi connectivity index (χ4v) is 2.99. The second-order valence-electron chi connectivity index (χ2n) is 5.91. The Labute approximate surface area is 158 Å². The number of carbonyl (C=O) groups is 1.